The van der Waals surface area contributed by atoms with Gasteiger partial charge in [0, 0.05) is 46.4 Å². The number of rotatable bonds is 3. The van der Waals surface area contributed by atoms with E-state index in [0.717, 1.165) is 11.1 Å². The summed E-state index contributed by atoms with van der Waals surface area (Å²) in [5, 5.41) is 0. The Morgan fingerprint density at radius 2 is 1.53 bits per heavy atom. The molecule has 0 saturated heterocycles. The predicted octanol–water partition coefficient (Wildman–Crippen LogP) is 2.18. The summed E-state index contributed by atoms with van der Waals surface area (Å²) in [5.74, 6) is 0. The normalized spacial score (nSPS) is 11.4. The molecule has 0 aromatic heterocycles. The first-order valence-electron chi connectivity index (χ1n) is 4.78. The van der Waals surface area contributed by atoms with E-state index in [1.54, 1.807) is 12.1 Å². The Morgan fingerprint density at radius 1 is 0.941 bits per heavy atom. The zero-order valence-electron chi connectivity index (χ0n) is 9.42. The predicted molar refractivity (Wildman–Crippen MR) is 70.2 cm³/mol. The van der Waals surface area contributed by atoms with Gasteiger partial charge in [-0.3, -0.25) is 4.21 Å². The van der Waals surface area contributed by atoms with Gasteiger partial charge in [-0.25, -0.2) is 0 Å². The van der Waals surface area contributed by atoms with Crippen LogP contribution in [0.5, 0.6) is 0 Å². The van der Waals surface area contributed by atoms with Crippen molar-refractivity contribution in [3.05, 3.63) is 54.6 Å². The van der Waals surface area contributed by atoms with E-state index in [0.29, 0.717) is 5.69 Å². The molecule has 0 aliphatic heterocycles. The first kappa shape index (κ1) is 14.4. The number of hydrogen-bond donors (Lipinski definition) is 1. The molecule has 17 heavy (non-hydrogen) atoms. The van der Waals surface area contributed by atoms with Gasteiger partial charge in [-0.15, -0.1) is 0 Å². The van der Waals surface area contributed by atoms with Crippen LogP contribution in [0.3, 0.4) is 0 Å². The summed E-state index contributed by atoms with van der Waals surface area (Å²) in [6.07, 6.45) is 0. The van der Waals surface area contributed by atoms with Crippen LogP contribution in [0.2, 0.25) is 0 Å². The maximum absolute atomic E-state index is 10.6. The quantitative estimate of drug-likeness (QED) is 0.675. The molecule has 0 saturated carbocycles. The maximum atomic E-state index is 10.6. The van der Waals surface area contributed by atoms with E-state index in [-0.39, 0.29) is 29.6 Å². The summed E-state index contributed by atoms with van der Waals surface area (Å²) in [6.45, 7) is 0. The number of benzene rings is 2. The van der Waals surface area contributed by atoms with Crippen molar-refractivity contribution in [3.8, 4) is 11.1 Å². The zero-order chi connectivity index (χ0) is 11.4. The molecular formula is C12H10NNaO2S-. The molecule has 1 atom stereocenters. The second kappa shape index (κ2) is 6.93. The summed E-state index contributed by atoms with van der Waals surface area (Å²) in [4.78, 5) is 0. The van der Waals surface area contributed by atoms with Crippen molar-refractivity contribution < 1.29 is 8.76 Å². The van der Waals surface area contributed by atoms with Crippen molar-refractivity contribution >= 4 is 46.5 Å². The number of anilines is 1. The number of hydrogen-bond acceptors (Lipinski definition) is 2. The van der Waals surface area contributed by atoms with Crippen LogP contribution in [-0.2, 0) is 11.3 Å². The van der Waals surface area contributed by atoms with Crippen molar-refractivity contribution in [3.63, 3.8) is 0 Å². The van der Waals surface area contributed by atoms with Gasteiger partial charge in [-0.2, -0.15) is 0 Å². The number of nitrogens with one attached hydrogen (secondary N) is 1. The summed E-state index contributed by atoms with van der Waals surface area (Å²) in [7, 11) is 0. The Morgan fingerprint density at radius 3 is 2.18 bits per heavy atom. The van der Waals surface area contributed by atoms with Crippen LogP contribution in [0, 0.1) is 0 Å². The van der Waals surface area contributed by atoms with Crippen molar-refractivity contribution in [1.82, 2.24) is 0 Å². The summed E-state index contributed by atoms with van der Waals surface area (Å²) >= 11 is -2.30. The van der Waals surface area contributed by atoms with E-state index in [4.69, 9.17) is 0 Å². The fourth-order valence-electron chi connectivity index (χ4n) is 1.53. The van der Waals surface area contributed by atoms with Gasteiger partial charge in [0.25, 0.3) is 0 Å². The summed E-state index contributed by atoms with van der Waals surface area (Å²) < 4.78 is 23.7. The Kier molecular flexibility index (Phi) is 5.88. The van der Waals surface area contributed by atoms with E-state index in [1.165, 1.54) is 0 Å². The van der Waals surface area contributed by atoms with Gasteiger partial charge >= 0.3 is 0 Å². The third kappa shape index (κ3) is 3.94. The molecule has 0 bridgehead atoms. The topological polar surface area (TPSA) is 52.2 Å². The van der Waals surface area contributed by atoms with Gasteiger partial charge in [0.1, 0.15) is 0 Å². The van der Waals surface area contributed by atoms with E-state index in [9.17, 15) is 8.76 Å². The molecule has 0 aliphatic carbocycles. The molecule has 1 N–H and O–H groups in total. The maximum Gasteiger partial charge on any atom is 0.0530 e. The second-order valence-corrected chi connectivity index (χ2v) is 3.92. The van der Waals surface area contributed by atoms with E-state index < -0.39 is 11.3 Å². The third-order valence-corrected chi connectivity index (χ3v) is 2.59. The van der Waals surface area contributed by atoms with Crippen molar-refractivity contribution in [2.75, 3.05) is 4.72 Å². The van der Waals surface area contributed by atoms with Crippen LogP contribution in [0.4, 0.5) is 5.69 Å². The molecule has 2 aromatic rings. The van der Waals surface area contributed by atoms with E-state index >= 15 is 0 Å². The van der Waals surface area contributed by atoms with Crippen molar-refractivity contribution in [2.45, 2.75) is 0 Å². The Hall–Kier alpha value is -0.650. The van der Waals surface area contributed by atoms with Crippen LogP contribution < -0.4 is 4.72 Å². The molecule has 2 rings (SSSR count). The van der Waals surface area contributed by atoms with E-state index in [2.05, 4.69) is 4.72 Å². The van der Waals surface area contributed by atoms with Gasteiger partial charge < -0.3 is 9.27 Å². The molecule has 0 heterocycles. The standard InChI is InChI=1S/C12H11NO2S.Na/c14-16(15)13-12-9-5-4-8-11(12)10-6-2-1-3-7-10;/h1-9,13H,(H,14,15);/p-1. The largest absolute Gasteiger partial charge is 0.755 e. The Labute approximate surface area is 125 Å². The molecule has 2 aromatic carbocycles. The molecule has 83 valence electrons. The summed E-state index contributed by atoms with van der Waals surface area (Å²) in [6, 6.07) is 16.9. The third-order valence-electron chi connectivity index (χ3n) is 2.21. The molecular weight excluding hydrogens is 245 g/mol. The average Bonchev–Trinajstić information content (AvgIpc) is 2.30. The molecule has 0 spiro atoms. The molecule has 1 radical (unpaired) electrons. The first-order valence-corrected chi connectivity index (χ1v) is 5.85. The van der Waals surface area contributed by atoms with Gasteiger partial charge in [0.05, 0.1) is 5.69 Å². The average molecular weight is 255 g/mol. The molecule has 0 aliphatic rings. The molecule has 1 unspecified atom stereocenters. The first-order chi connectivity index (χ1) is 7.77. The molecule has 0 amide bonds. The fraction of sp³-hybridized carbons (Fsp3) is 0. The van der Waals surface area contributed by atoms with Gasteiger partial charge in [0.15, 0.2) is 0 Å². The van der Waals surface area contributed by atoms with Crippen LogP contribution in [0.1, 0.15) is 0 Å². The minimum atomic E-state index is -2.30. The molecule has 3 nitrogen and oxygen atoms in total. The van der Waals surface area contributed by atoms with Crippen LogP contribution in [0.15, 0.2) is 54.6 Å². The monoisotopic (exact) mass is 255 g/mol. The van der Waals surface area contributed by atoms with Crippen LogP contribution >= 0.6 is 0 Å². The minimum absolute atomic E-state index is 0. The Bertz CT molecular complexity index is 505. The smallest absolute Gasteiger partial charge is 0.0530 e. The number of para-hydroxylation sites is 1. The summed E-state index contributed by atoms with van der Waals surface area (Å²) in [5.41, 5.74) is 2.44. The van der Waals surface area contributed by atoms with Gasteiger partial charge in [-0.05, 0) is 11.6 Å². The fourth-order valence-corrected chi connectivity index (χ4v) is 1.89. The van der Waals surface area contributed by atoms with Crippen LogP contribution in [-0.4, -0.2) is 38.3 Å². The SMILES string of the molecule is O=S([O-])Nc1ccccc1-c1ccccc1.[Na]. The van der Waals surface area contributed by atoms with Crippen LogP contribution in [0.25, 0.3) is 11.1 Å². The molecule has 5 heteroatoms. The Balaban J connectivity index is 0.00000144. The van der Waals surface area contributed by atoms with E-state index in [1.807, 2.05) is 42.5 Å². The van der Waals surface area contributed by atoms with Gasteiger partial charge in [0.2, 0.25) is 0 Å². The molecule has 0 fully saturated rings. The van der Waals surface area contributed by atoms with Crippen molar-refractivity contribution in [1.29, 1.82) is 0 Å². The van der Waals surface area contributed by atoms with Gasteiger partial charge in [-0.1, -0.05) is 48.5 Å². The zero-order valence-corrected chi connectivity index (χ0v) is 12.2. The van der Waals surface area contributed by atoms with Crippen molar-refractivity contribution in [2.24, 2.45) is 0 Å². The second-order valence-electron chi connectivity index (χ2n) is 3.25. The minimum Gasteiger partial charge on any atom is -0.755 e.